The maximum atomic E-state index is 13.2. The molecule has 7 nitrogen and oxygen atoms in total. The van der Waals surface area contributed by atoms with Crippen LogP contribution in [0.2, 0.25) is 0 Å². The molecule has 176 valence electrons. The van der Waals surface area contributed by atoms with Crippen molar-refractivity contribution in [2.45, 2.75) is 25.3 Å². The van der Waals surface area contributed by atoms with Crippen molar-refractivity contribution in [3.8, 4) is 11.1 Å². The summed E-state index contributed by atoms with van der Waals surface area (Å²) in [5.74, 6) is -0.527. The molecule has 3 rings (SSSR count). The van der Waals surface area contributed by atoms with Gasteiger partial charge in [0, 0.05) is 18.7 Å². The summed E-state index contributed by atoms with van der Waals surface area (Å²) in [5, 5.41) is 5.86. The summed E-state index contributed by atoms with van der Waals surface area (Å²) in [4.78, 5) is 30.2. The largest absolute Gasteiger partial charge is 0.370 e. The van der Waals surface area contributed by atoms with Gasteiger partial charge in [-0.3, -0.25) is 14.6 Å². The molecule has 0 saturated carbocycles. The van der Waals surface area contributed by atoms with Crippen LogP contribution in [0.1, 0.15) is 28.8 Å². The SMILES string of the molecule is NC(N)=NCCC[C@H](NC(=O)c1ccccc1-c1ccccc1)C(=O)NCCc1ccccc1. The van der Waals surface area contributed by atoms with E-state index in [0.29, 0.717) is 37.9 Å². The van der Waals surface area contributed by atoms with Gasteiger partial charge in [-0.25, -0.2) is 0 Å². The molecular formula is C27H31N5O2. The normalized spacial score (nSPS) is 11.3. The van der Waals surface area contributed by atoms with E-state index in [-0.39, 0.29) is 17.8 Å². The summed E-state index contributed by atoms with van der Waals surface area (Å²) in [5.41, 5.74) is 14.2. The molecule has 3 aromatic carbocycles. The van der Waals surface area contributed by atoms with Crippen LogP contribution in [0, 0.1) is 0 Å². The highest BCUT2D eigenvalue weighted by Gasteiger charge is 2.22. The molecule has 0 spiro atoms. The average molecular weight is 458 g/mol. The molecule has 0 aliphatic carbocycles. The van der Waals surface area contributed by atoms with E-state index >= 15 is 0 Å². The number of carbonyl (C=O) groups excluding carboxylic acids is 2. The molecule has 0 heterocycles. The summed E-state index contributed by atoms with van der Waals surface area (Å²) in [7, 11) is 0. The van der Waals surface area contributed by atoms with E-state index in [1.165, 1.54) is 0 Å². The standard InChI is InChI=1S/C27H31N5O2/c28-27(29)31-18-9-16-24(26(34)30-19-17-20-10-3-1-4-11-20)32-25(33)23-15-8-7-14-22(23)21-12-5-2-6-13-21/h1-8,10-15,24H,9,16-19H2,(H,30,34)(H,32,33)(H4,28,29,31)/t24-/m0/s1. The van der Waals surface area contributed by atoms with Crippen LogP contribution < -0.4 is 22.1 Å². The smallest absolute Gasteiger partial charge is 0.252 e. The summed E-state index contributed by atoms with van der Waals surface area (Å²) in [6, 6.07) is 26.3. The number of nitrogens with two attached hydrogens (primary N) is 2. The van der Waals surface area contributed by atoms with Crippen LogP contribution in [0.15, 0.2) is 89.9 Å². The van der Waals surface area contributed by atoms with Crippen LogP contribution in [-0.4, -0.2) is 36.9 Å². The lowest BCUT2D eigenvalue weighted by atomic mass is 9.98. The Morgan fingerprint density at radius 3 is 2.21 bits per heavy atom. The van der Waals surface area contributed by atoms with Crippen molar-refractivity contribution >= 4 is 17.8 Å². The van der Waals surface area contributed by atoms with E-state index in [1.807, 2.05) is 78.9 Å². The van der Waals surface area contributed by atoms with Crippen LogP contribution in [-0.2, 0) is 11.2 Å². The minimum atomic E-state index is -0.707. The van der Waals surface area contributed by atoms with Gasteiger partial charge in [-0.15, -0.1) is 0 Å². The minimum Gasteiger partial charge on any atom is -0.370 e. The summed E-state index contributed by atoms with van der Waals surface area (Å²) < 4.78 is 0. The van der Waals surface area contributed by atoms with E-state index in [1.54, 1.807) is 6.07 Å². The average Bonchev–Trinajstić information content (AvgIpc) is 2.86. The quantitative estimate of drug-likeness (QED) is 0.201. The van der Waals surface area contributed by atoms with E-state index in [9.17, 15) is 9.59 Å². The summed E-state index contributed by atoms with van der Waals surface area (Å²) in [6.45, 7) is 0.857. The second-order valence-electron chi connectivity index (χ2n) is 7.91. The summed E-state index contributed by atoms with van der Waals surface area (Å²) in [6.07, 6.45) is 1.67. The van der Waals surface area contributed by atoms with Crippen molar-refractivity contribution in [1.82, 2.24) is 10.6 Å². The van der Waals surface area contributed by atoms with Crippen molar-refractivity contribution in [2.24, 2.45) is 16.5 Å². The zero-order valence-corrected chi connectivity index (χ0v) is 19.1. The van der Waals surface area contributed by atoms with Crippen LogP contribution in [0.25, 0.3) is 11.1 Å². The number of amides is 2. The molecule has 0 bridgehead atoms. The Balaban J connectivity index is 1.69. The van der Waals surface area contributed by atoms with Gasteiger partial charge in [-0.1, -0.05) is 78.9 Å². The number of hydrogen-bond donors (Lipinski definition) is 4. The van der Waals surface area contributed by atoms with Gasteiger partial charge in [0.1, 0.15) is 6.04 Å². The first-order valence-electron chi connectivity index (χ1n) is 11.4. The number of rotatable bonds is 11. The van der Waals surface area contributed by atoms with Gasteiger partial charge in [0.25, 0.3) is 5.91 Å². The molecular weight excluding hydrogens is 426 g/mol. The lowest BCUT2D eigenvalue weighted by Crippen LogP contribution is -2.47. The van der Waals surface area contributed by atoms with Crippen LogP contribution in [0.5, 0.6) is 0 Å². The van der Waals surface area contributed by atoms with Crippen molar-refractivity contribution in [3.63, 3.8) is 0 Å². The molecule has 0 aliphatic heterocycles. The Bertz CT molecular complexity index is 1100. The lowest BCUT2D eigenvalue weighted by molar-refractivity contribution is -0.123. The Hall–Kier alpha value is -4.13. The molecule has 1 atom stereocenters. The monoisotopic (exact) mass is 457 g/mol. The number of guanidine groups is 1. The third-order valence-corrected chi connectivity index (χ3v) is 5.38. The molecule has 2 amide bonds. The number of nitrogens with one attached hydrogen (secondary N) is 2. The molecule has 0 aromatic heterocycles. The number of aliphatic imine (C=N–C) groups is 1. The Labute approximate surface area is 200 Å². The van der Waals surface area contributed by atoms with Crippen molar-refractivity contribution in [2.75, 3.05) is 13.1 Å². The molecule has 6 N–H and O–H groups in total. The van der Waals surface area contributed by atoms with Gasteiger partial charge < -0.3 is 22.1 Å². The van der Waals surface area contributed by atoms with Crippen LogP contribution >= 0.6 is 0 Å². The first-order valence-corrected chi connectivity index (χ1v) is 11.4. The fourth-order valence-corrected chi connectivity index (χ4v) is 3.66. The Morgan fingerprint density at radius 1 is 0.853 bits per heavy atom. The van der Waals surface area contributed by atoms with Gasteiger partial charge in [0.15, 0.2) is 5.96 Å². The fraction of sp³-hybridized carbons (Fsp3) is 0.222. The van der Waals surface area contributed by atoms with Crippen molar-refractivity contribution in [3.05, 3.63) is 96.1 Å². The second-order valence-corrected chi connectivity index (χ2v) is 7.91. The van der Waals surface area contributed by atoms with E-state index in [4.69, 9.17) is 11.5 Å². The molecule has 0 unspecified atom stereocenters. The summed E-state index contributed by atoms with van der Waals surface area (Å²) >= 11 is 0. The van der Waals surface area contributed by atoms with Crippen LogP contribution in [0.3, 0.4) is 0 Å². The molecule has 0 fully saturated rings. The zero-order chi connectivity index (χ0) is 24.2. The second kappa shape index (κ2) is 12.8. The topological polar surface area (TPSA) is 123 Å². The highest BCUT2D eigenvalue weighted by atomic mass is 16.2. The zero-order valence-electron chi connectivity index (χ0n) is 19.1. The van der Waals surface area contributed by atoms with E-state index in [0.717, 1.165) is 16.7 Å². The number of benzene rings is 3. The maximum Gasteiger partial charge on any atom is 0.252 e. The first-order chi connectivity index (χ1) is 16.5. The predicted octanol–water partition coefficient (Wildman–Crippen LogP) is 2.86. The third-order valence-electron chi connectivity index (χ3n) is 5.38. The van der Waals surface area contributed by atoms with Gasteiger partial charge in [-0.2, -0.15) is 0 Å². The van der Waals surface area contributed by atoms with Gasteiger partial charge >= 0.3 is 0 Å². The molecule has 34 heavy (non-hydrogen) atoms. The molecule has 0 aliphatic rings. The van der Waals surface area contributed by atoms with Crippen LogP contribution in [0.4, 0.5) is 0 Å². The third kappa shape index (κ3) is 7.48. The molecule has 0 saturated heterocycles. The Kier molecular flexibility index (Phi) is 9.22. The highest BCUT2D eigenvalue weighted by molar-refractivity contribution is 6.02. The van der Waals surface area contributed by atoms with Crippen molar-refractivity contribution in [1.29, 1.82) is 0 Å². The maximum absolute atomic E-state index is 13.2. The molecule has 3 aromatic rings. The minimum absolute atomic E-state index is 0.00434. The van der Waals surface area contributed by atoms with Crippen molar-refractivity contribution < 1.29 is 9.59 Å². The number of nitrogens with zero attached hydrogens (tertiary/aromatic N) is 1. The molecule has 0 radical (unpaired) electrons. The fourth-order valence-electron chi connectivity index (χ4n) is 3.66. The number of carbonyl (C=O) groups is 2. The van der Waals surface area contributed by atoms with Gasteiger partial charge in [-0.05, 0) is 42.0 Å². The van der Waals surface area contributed by atoms with Gasteiger partial charge in [0.05, 0.1) is 0 Å². The van der Waals surface area contributed by atoms with Gasteiger partial charge in [0.2, 0.25) is 5.91 Å². The first kappa shape index (κ1) is 24.5. The van der Waals surface area contributed by atoms with E-state index in [2.05, 4.69) is 15.6 Å². The Morgan fingerprint density at radius 2 is 1.50 bits per heavy atom. The highest BCUT2D eigenvalue weighted by Crippen LogP contribution is 2.23. The number of hydrogen-bond acceptors (Lipinski definition) is 3. The predicted molar refractivity (Wildman–Crippen MR) is 136 cm³/mol. The molecule has 7 heteroatoms. The lowest BCUT2D eigenvalue weighted by Gasteiger charge is -2.19. The van der Waals surface area contributed by atoms with E-state index < -0.39 is 6.04 Å².